The van der Waals surface area contributed by atoms with Crippen molar-refractivity contribution in [1.82, 2.24) is 5.32 Å². The van der Waals surface area contributed by atoms with Gasteiger partial charge in [-0.05, 0) is 54.7 Å². The summed E-state index contributed by atoms with van der Waals surface area (Å²) < 4.78 is 17.0. The molecule has 0 saturated carbocycles. The van der Waals surface area contributed by atoms with Gasteiger partial charge in [-0.1, -0.05) is 19.1 Å². The topological polar surface area (TPSA) is 39.7 Å². The number of benzene rings is 2. The van der Waals surface area contributed by atoms with Crippen LogP contribution in [-0.2, 0) is 12.8 Å². The van der Waals surface area contributed by atoms with Gasteiger partial charge in [0, 0.05) is 12.1 Å². The minimum atomic E-state index is 0.0929. The molecule has 0 fully saturated rings. The van der Waals surface area contributed by atoms with Crippen LogP contribution in [0, 0.1) is 0 Å². The Bertz CT molecular complexity index is 742. The fraction of sp³-hybridized carbons (Fsp3) is 0.429. The lowest BCUT2D eigenvalue weighted by molar-refractivity contribution is 0.309. The molecule has 0 radical (unpaired) electrons. The van der Waals surface area contributed by atoms with Crippen molar-refractivity contribution in [3.05, 3.63) is 52.6 Å². The van der Waals surface area contributed by atoms with E-state index in [2.05, 4.69) is 42.6 Å². The smallest absolute Gasteiger partial charge is 0.161 e. The summed E-state index contributed by atoms with van der Waals surface area (Å²) in [6, 6.07) is 10.8. The van der Waals surface area contributed by atoms with E-state index >= 15 is 0 Å². The first kappa shape index (κ1) is 17.6. The zero-order valence-corrected chi connectivity index (χ0v) is 15.5. The van der Waals surface area contributed by atoms with Gasteiger partial charge in [0.15, 0.2) is 11.5 Å². The molecule has 1 aliphatic heterocycles. The second-order valence-corrected chi connectivity index (χ2v) is 6.20. The third-order valence-corrected chi connectivity index (χ3v) is 4.79. The van der Waals surface area contributed by atoms with E-state index in [1.165, 1.54) is 22.3 Å². The Morgan fingerprint density at radius 3 is 2.44 bits per heavy atom. The number of rotatable bonds is 6. The quantitative estimate of drug-likeness (QED) is 0.865. The van der Waals surface area contributed by atoms with Crippen molar-refractivity contribution in [2.24, 2.45) is 0 Å². The number of aryl methyl sites for hydroxylation is 1. The molecule has 1 unspecified atom stereocenters. The molecule has 3 rings (SSSR count). The van der Waals surface area contributed by atoms with E-state index < -0.39 is 0 Å². The summed E-state index contributed by atoms with van der Waals surface area (Å²) in [4.78, 5) is 0. The van der Waals surface area contributed by atoms with Crippen molar-refractivity contribution in [3.8, 4) is 17.2 Å². The second kappa shape index (κ2) is 7.79. The summed E-state index contributed by atoms with van der Waals surface area (Å²) >= 11 is 0. The van der Waals surface area contributed by atoms with Crippen molar-refractivity contribution >= 4 is 0 Å². The first-order valence-corrected chi connectivity index (χ1v) is 8.95. The normalized spacial score (nSPS) is 16.2. The predicted octanol–water partition coefficient (Wildman–Crippen LogP) is 3.90. The summed E-state index contributed by atoms with van der Waals surface area (Å²) in [7, 11) is 3.42. The van der Waals surface area contributed by atoms with Gasteiger partial charge < -0.3 is 19.5 Å². The first-order chi connectivity index (χ1) is 12.2. The minimum absolute atomic E-state index is 0.0929. The van der Waals surface area contributed by atoms with Crippen LogP contribution in [-0.4, -0.2) is 27.4 Å². The van der Waals surface area contributed by atoms with E-state index in [9.17, 15) is 0 Å². The van der Waals surface area contributed by atoms with E-state index in [4.69, 9.17) is 14.2 Å². The lowest BCUT2D eigenvalue weighted by Gasteiger charge is -2.30. The average molecular weight is 341 g/mol. The Labute approximate surface area is 150 Å². The lowest BCUT2D eigenvalue weighted by Crippen LogP contribution is -2.31. The standard InChI is InChI=1S/C21H27NO3/c1-5-14-7-8-18(23-3)17(11-14)21-16-13-20(25-6-2)19(24-4)12-15(16)9-10-22-21/h7-8,11-13,21-22H,5-6,9-10H2,1-4H3. The zero-order valence-electron chi connectivity index (χ0n) is 15.5. The molecule has 0 aliphatic carbocycles. The molecule has 1 heterocycles. The van der Waals surface area contributed by atoms with Gasteiger partial charge >= 0.3 is 0 Å². The largest absolute Gasteiger partial charge is 0.496 e. The van der Waals surface area contributed by atoms with Crippen LogP contribution in [0.2, 0.25) is 0 Å². The van der Waals surface area contributed by atoms with Crippen molar-refractivity contribution in [3.63, 3.8) is 0 Å². The van der Waals surface area contributed by atoms with Crippen LogP contribution in [0.15, 0.2) is 30.3 Å². The van der Waals surface area contributed by atoms with Gasteiger partial charge in [-0.3, -0.25) is 0 Å². The number of hydrogen-bond donors (Lipinski definition) is 1. The van der Waals surface area contributed by atoms with Crippen LogP contribution in [0.1, 0.15) is 42.1 Å². The van der Waals surface area contributed by atoms with Crippen LogP contribution in [0.3, 0.4) is 0 Å². The molecular formula is C21H27NO3. The van der Waals surface area contributed by atoms with Gasteiger partial charge in [0.1, 0.15) is 5.75 Å². The second-order valence-electron chi connectivity index (χ2n) is 6.20. The maximum Gasteiger partial charge on any atom is 0.161 e. The van der Waals surface area contributed by atoms with Gasteiger partial charge in [0.05, 0.1) is 26.9 Å². The van der Waals surface area contributed by atoms with Crippen molar-refractivity contribution < 1.29 is 14.2 Å². The van der Waals surface area contributed by atoms with E-state index in [0.717, 1.165) is 36.6 Å². The Morgan fingerprint density at radius 2 is 1.76 bits per heavy atom. The summed E-state index contributed by atoms with van der Waals surface area (Å²) in [5.74, 6) is 2.51. The maximum absolute atomic E-state index is 5.80. The molecular weight excluding hydrogens is 314 g/mol. The Balaban J connectivity index is 2.11. The molecule has 0 spiro atoms. The molecule has 0 amide bonds. The van der Waals surface area contributed by atoms with Crippen molar-refractivity contribution in [2.75, 3.05) is 27.4 Å². The van der Waals surface area contributed by atoms with E-state index in [-0.39, 0.29) is 6.04 Å². The molecule has 0 aromatic heterocycles. The molecule has 2 aromatic carbocycles. The lowest BCUT2D eigenvalue weighted by atomic mass is 9.88. The number of methoxy groups -OCH3 is 2. The summed E-state index contributed by atoms with van der Waals surface area (Å²) in [5.41, 5.74) is 5.02. The first-order valence-electron chi connectivity index (χ1n) is 8.95. The summed E-state index contributed by atoms with van der Waals surface area (Å²) in [6.07, 6.45) is 1.98. The number of nitrogens with one attached hydrogen (secondary N) is 1. The predicted molar refractivity (Wildman–Crippen MR) is 100 cm³/mol. The summed E-state index contributed by atoms with van der Waals surface area (Å²) in [6.45, 7) is 5.70. The van der Waals surface area contributed by atoms with Crippen LogP contribution >= 0.6 is 0 Å². The van der Waals surface area contributed by atoms with Crippen LogP contribution < -0.4 is 19.5 Å². The molecule has 134 valence electrons. The summed E-state index contributed by atoms with van der Waals surface area (Å²) in [5, 5.41) is 3.65. The molecule has 2 aromatic rings. The Morgan fingerprint density at radius 1 is 0.960 bits per heavy atom. The molecule has 0 bridgehead atoms. The minimum Gasteiger partial charge on any atom is -0.496 e. The van der Waals surface area contributed by atoms with Gasteiger partial charge in [0.2, 0.25) is 0 Å². The van der Waals surface area contributed by atoms with E-state index in [1.807, 2.05) is 6.92 Å². The fourth-order valence-corrected chi connectivity index (χ4v) is 3.50. The molecule has 4 nitrogen and oxygen atoms in total. The van der Waals surface area contributed by atoms with Crippen LogP contribution in [0.5, 0.6) is 17.2 Å². The molecule has 25 heavy (non-hydrogen) atoms. The number of hydrogen-bond acceptors (Lipinski definition) is 4. The molecule has 1 aliphatic rings. The van der Waals surface area contributed by atoms with E-state index in [0.29, 0.717) is 6.61 Å². The fourth-order valence-electron chi connectivity index (χ4n) is 3.50. The average Bonchev–Trinajstić information content (AvgIpc) is 2.66. The third-order valence-electron chi connectivity index (χ3n) is 4.79. The zero-order chi connectivity index (χ0) is 17.8. The maximum atomic E-state index is 5.80. The SMILES string of the molecule is CCOc1cc2c(cc1OC)CCNC2c1cc(CC)ccc1OC. The molecule has 4 heteroatoms. The highest BCUT2D eigenvalue weighted by atomic mass is 16.5. The van der Waals surface area contributed by atoms with Crippen LogP contribution in [0.4, 0.5) is 0 Å². The monoisotopic (exact) mass is 341 g/mol. The van der Waals surface area contributed by atoms with Gasteiger partial charge in [-0.25, -0.2) is 0 Å². The van der Waals surface area contributed by atoms with Gasteiger partial charge in [-0.15, -0.1) is 0 Å². The number of fused-ring (bicyclic) bond motifs is 1. The van der Waals surface area contributed by atoms with E-state index in [1.54, 1.807) is 14.2 Å². The molecule has 1 atom stereocenters. The van der Waals surface area contributed by atoms with Gasteiger partial charge in [-0.2, -0.15) is 0 Å². The van der Waals surface area contributed by atoms with Crippen molar-refractivity contribution in [1.29, 1.82) is 0 Å². The Hall–Kier alpha value is -2.20. The highest BCUT2D eigenvalue weighted by Crippen LogP contribution is 2.40. The van der Waals surface area contributed by atoms with Crippen molar-refractivity contribution in [2.45, 2.75) is 32.7 Å². The third kappa shape index (κ3) is 3.45. The highest BCUT2D eigenvalue weighted by Gasteiger charge is 2.26. The van der Waals surface area contributed by atoms with Crippen LogP contribution in [0.25, 0.3) is 0 Å². The number of ether oxygens (including phenoxy) is 3. The Kier molecular flexibility index (Phi) is 5.49. The highest BCUT2D eigenvalue weighted by molar-refractivity contribution is 5.53. The van der Waals surface area contributed by atoms with Gasteiger partial charge in [0.25, 0.3) is 0 Å². The molecule has 0 saturated heterocycles. The molecule has 1 N–H and O–H groups in total.